The van der Waals surface area contributed by atoms with E-state index < -0.39 is 0 Å². The molecule has 1 aromatic carbocycles. The van der Waals surface area contributed by atoms with Gasteiger partial charge < -0.3 is 14.2 Å². The minimum absolute atomic E-state index is 0.234. The molecule has 1 aliphatic heterocycles. The highest BCUT2D eigenvalue weighted by Gasteiger charge is 2.15. The Bertz CT molecular complexity index is 646. The SMILES string of the molecule is Cc1c(Cl)nnc(Oc2ccc3c(c2)OCO3)c1C. The van der Waals surface area contributed by atoms with Crippen molar-refractivity contribution in [1.29, 1.82) is 0 Å². The number of ether oxygens (including phenoxy) is 3. The molecule has 1 aromatic heterocycles. The van der Waals surface area contributed by atoms with Crippen LogP contribution in [0, 0.1) is 13.8 Å². The Kier molecular flexibility index (Phi) is 2.91. The number of aromatic nitrogens is 2. The number of nitrogens with zero attached hydrogens (tertiary/aromatic N) is 2. The third kappa shape index (κ3) is 2.17. The van der Waals surface area contributed by atoms with Crippen LogP contribution in [0.15, 0.2) is 18.2 Å². The van der Waals surface area contributed by atoms with Gasteiger partial charge in [-0.15, -0.1) is 10.2 Å². The summed E-state index contributed by atoms with van der Waals surface area (Å²) < 4.78 is 16.2. The summed E-state index contributed by atoms with van der Waals surface area (Å²) in [5.74, 6) is 2.42. The van der Waals surface area contributed by atoms with Gasteiger partial charge in [-0.1, -0.05) is 11.6 Å². The smallest absolute Gasteiger partial charge is 0.242 e. The van der Waals surface area contributed by atoms with Crippen molar-refractivity contribution in [2.45, 2.75) is 13.8 Å². The Balaban J connectivity index is 1.91. The van der Waals surface area contributed by atoms with Gasteiger partial charge >= 0.3 is 0 Å². The second kappa shape index (κ2) is 4.59. The van der Waals surface area contributed by atoms with E-state index in [9.17, 15) is 0 Å². The van der Waals surface area contributed by atoms with Gasteiger partial charge in [-0.25, -0.2) is 0 Å². The van der Waals surface area contributed by atoms with Gasteiger partial charge in [0.1, 0.15) is 5.75 Å². The molecule has 3 rings (SSSR count). The van der Waals surface area contributed by atoms with Crippen LogP contribution in [0.3, 0.4) is 0 Å². The van der Waals surface area contributed by atoms with Gasteiger partial charge in [0.15, 0.2) is 16.7 Å². The normalized spacial score (nSPS) is 12.6. The lowest BCUT2D eigenvalue weighted by Gasteiger charge is -2.09. The topological polar surface area (TPSA) is 53.5 Å². The van der Waals surface area contributed by atoms with E-state index >= 15 is 0 Å². The number of fused-ring (bicyclic) bond motifs is 1. The summed E-state index contributed by atoms with van der Waals surface area (Å²) in [4.78, 5) is 0. The van der Waals surface area contributed by atoms with Gasteiger partial charge in [0.2, 0.25) is 12.7 Å². The van der Waals surface area contributed by atoms with Crippen LogP contribution in [0.5, 0.6) is 23.1 Å². The maximum Gasteiger partial charge on any atom is 0.242 e. The van der Waals surface area contributed by atoms with Crippen molar-refractivity contribution >= 4 is 11.6 Å². The quantitative estimate of drug-likeness (QED) is 0.844. The van der Waals surface area contributed by atoms with E-state index in [1.54, 1.807) is 18.2 Å². The van der Waals surface area contributed by atoms with Gasteiger partial charge in [-0.3, -0.25) is 0 Å². The van der Waals surface area contributed by atoms with Crippen LogP contribution in [-0.4, -0.2) is 17.0 Å². The first-order valence-electron chi connectivity index (χ1n) is 5.72. The third-order valence-corrected chi connectivity index (χ3v) is 3.34. The molecular formula is C13H11ClN2O3. The van der Waals surface area contributed by atoms with E-state index in [4.69, 9.17) is 25.8 Å². The molecular weight excluding hydrogens is 268 g/mol. The summed E-state index contributed by atoms with van der Waals surface area (Å²) in [6.07, 6.45) is 0. The summed E-state index contributed by atoms with van der Waals surface area (Å²) in [7, 11) is 0. The lowest BCUT2D eigenvalue weighted by atomic mass is 10.2. The molecule has 2 aromatic rings. The second-order valence-corrected chi connectivity index (χ2v) is 4.52. The van der Waals surface area contributed by atoms with Crippen molar-refractivity contribution in [3.63, 3.8) is 0 Å². The van der Waals surface area contributed by atoms with Crippen LogP contribution in [-0.2, 0) is 0 Å². The van der Waals surface area contributed by atoms with Crippen molar-refractivity contribution in [1.82, 2.24) is 10.2 Å². The van der Waals surface area contributed by atoms with Gasteiger partial charge in [0.25, 0.3) is 0 Å². The Labute approximate surface area is 115 Å². The monoisotopic (exact) mass is 278 g/mol. The van der Waals surface area contributed by atoms with E-state index in [2.05, 4.69) is 10.2 Å². The number of hydrogen-bond acceptors (Lipinski definition) is 5. The molecule has 0 atom stereocenters. The summed E-state index contributed by atoms with van der Waals surface area (Å²) in [6, 6.07) is 5.34. The predicted molar refractivity (Wildman–Crippen MR) is 69.2 cm³/mol. The van der Waals surface area contributed by atoms with Crippen LogP contribution in [0.25, 0.3) is 0 Å². The molecule has 6 heteroatoms. The second-order valence-electron chi connectivity index (χ2n) is 4.16. The van der Waals surface area contributed by atoms with Gasteiger partial charge in [0, 0.05) is 11.6 Å². The van der Waals surface area contributed by atoms with Crippen LogP contribution in [0.4, 0.5) is 0 Å². The maximum atomic E-state index is 5.90. The lowest BCUT2D eigenvalue weighted by Crippen LogP contribution is -1.97. The van der Waals surface area contributed by atoms with E-state index in [0.29, 0.717) is 28.3 Å². The van der Waals surface area contributed by atoms with Crippen LogP contribution >= 0.6 is 11.6 Å². The van der Waals surface area contributed by atoms with Crippen molar-refractivity contribution in [3.8, 4) is 23.1 Å². The van der Waals surface area contributed by atoms with Crippen molar-refractivity contribution < 1.29 is 14.2 Å². The number of halogens is 1. The molecule has 0 N–H and O–H groups in total. The largest absolute Gasteiger partial charge is 0.454 e. The predicted octanol–water partition coefficient (Wildman–Crippen LogP) is 3.27. The summed E-state index contributed by atoms with van der Waals surface area (Å²) >= 11 is 5.90. The first-order chi connectivity index (χ1) is 9.15. The molecule has 0 saturated heterocycles. The first-order valence-corrected chi connectivity index (χ1v) is 6.10. The Morgan fingerprint density at radius 3 is 2.74 bits per heavy atom. The molecule has 0 unspecified atom stereocenters. The standard InChI is InChI=1S/C13H11ClN2O3/c1-7-8(2)13(16-15-12(7)14)19-9-3-4-10-11(5-9)18-6-17-10/h3-5H,6H2,1-2H3. The Hall–Kier alpha value is -2.01. The van der Waals surface area contributed by atoms with Crippen LogP contribution in [0.1, 0.15) is 11.1 Å². The molecule has 1 aliphatic rings. The Morgan fingerprint density at radius 2 is 1.89 bits per heavy atom. The minimum Gasteiger partial charge on any atom is -0.454 e. The van der Waals surface area contributed by atoms with Crippen molar-refractivity contribution in [2.24, 2.45) is 0 Å². The number of rotatable bonds is 2. The molecule has 0 bridgehead atoms. The molecule has 0 radical (unpaired) electrons. The molecule has 0 spiro atoms. The highest BCUT2D eigenvalue weighted by molar-refractivity contribution is 6.30. The molecule has 0 saturated carbocycles. The van der Waals surface area contributed by atoms with Gasteiger partial charge in [-0.2, -0.15) is 0 Å². The molecule has 19 heavy (non-hydrogen) atoms. The molecule has 0 aliphatic carbocycles. The van der Waals surface area contributed by atoms with Crippen LogP contribution < -0.4 is 14.2 Å². The zero-order valence-electron chi connectivity index (χ0n) is 10.4. The van der Waals surface area contributed by atoms with Crippen molar-refractivity contribution in [2.75, 3.05) is 6.79 Å². The molecule has 0 fully saturated rings. The van der Waals surface area contributed by atoms with E-state index in [-0.39, 0.29) is 6.79 Å². The zero-order valence-corrected chi connectivity index (χ0v) is 11.2. The number of hydrogen-bond donors (Lipinski definition) is 0. The van der Waals surface area contributed by atoms with Crippen molar-refractivity contribution in [3.05, 3.63) is 34.5 Å². The van der Waals surface area contributed by atoms with E-state index in [1.165, 1.54) is 0 Å². The van der Waals surface area contributed by atoms with E-state index in [1.807, 2.05) is 13.8 Å². The fourth-order valence-corrected chi connectivity index (χ4v) is 1.88. The highest BCUT2D eigenvalue weighted by Crippen LogP contribution is 2.37. The summed E-state index contributed by atoms with van der Waals surface area (Å²) in [5.41, 5.74) is 1.71. The summed E-state index contributed by atoms with van der Waals surface area (Å²) in [5, 5.41) is 8.18. The highest BCUT2D eigenvalue weighted by atomic mass is 35.5. The fourth-order valence-electron chi connectivity index (χ4n) is 1.70. The maximum absolute atomic E-state index is 5.90. The number of benzene rings is 1. The Morgan fingerprint density at radius 1 is 1.11 bits per heavy atom. The molecule has 0 amide bonds. The molecule has 5 nitrogen and oxygen atoms in total. The first kappa shape index (κ1) is 12.0. The fraction of sp³-hybridized carbons (Fsp3) is 0.231. The minimum atomic E-state index is 0.234. The average Bonchev–Trinajstić information content (AvgIpc) is 2.87. The van der Waals surface area contributed by atoms with E-state index in [0.717, 1.165) is 11.1 Å². The third-order valence-electron chi connectivity index (χ3n) is 2.98. The summed E-state index contributed by atoms with van der Waals surface area (Å²) in [6.45, 7) is 3.99. The van der Waals surface area contributed by atoms with Gasteiger partial charge in [-0.05, 0) is 31.5 Å². The average molecular weight is 279 g/mol. The zero-order chi connectivity index (χ0) is 13.4. The van der Waals surface area contributed by atoms with Crippen LogP contribution in [0.2, 0.25) is 5.15 Å². The molecule has 2 heterocycles. The van der Waals surface area contributed by atoms with Gasteiger partial charge in [0.05, 0.1) is 0 Å². The molecule has 98 valence electrons. The lowest BCUT2D eigenvalue weighted by molar-refractivity contribution is 0.174.